The molecule has 4 nitrogen and oxygen atoms in total. The molecule has 0 N–H and O–H groups in total. The van der Waals surface area contributed by atoms with Gasteiger partial charge in [0, 0.05) is 67.4 Å². The van der Waals surface area contributed by atoms with Gasteiger partial charge in [0.15, 0.2) is 0 Å². The van der Waals surface area contributed by atoms with Crippen molar-refractivity contribution in [2.24, 2.45) is 0 Å². The predicted octanol–water partition coefficient (Wildman–Crippen LogP) is 37.5. The van der Waals surface area contributed by atoms with Crippen molar-refractivity contribution in [1.29, 1.82) is 0 Å². The van der Waals surface area contributed by atoms with Crippen LogP contribution in [0.5, 0.6) is 0 Å². The molecule has 670 valence electrons. The van der Waals surface area contributed by atoms with E-state index in [1.54, 1.807) is 0 Å². The Bertz CT molecular complexity index is 6490. The minimum Gasteiger partial charge on any atom is -0.311 e. The average molecular weight is 1750 g/mol. The van der Waals surface area contributed by atoms with Crippen molar-refractivity contribution < 1.29 is 0 Å². The van der Waals surface area contributed by atoms with E-state index in [4.69, 9.17) is 0 Å². The van der Waals surface area contributed by atoms with E-state index in [1.807, 2.05) is 0 Å². The number of benzene rings is 15. The van der Waals surface area contributed by atoms with Crippen molar-refractivity contribution in [1.82, 2.24) is 4.57 Å². The quantitative estimate of drug-likeness (QED) is 0.0958. The monoisotopic (exact) mass is 1750 g/mol. The number of para-hydroxylation sites is 2. The van der Waals surface area contributed by atoms with Gasteiger partial charge in [0.1, 0.15) is 0 Å². The smallest absolute Gasteiger partial charge is 0.0726 e. The lowest BCUT2D eigenvalue weighted by Crippen LogP contribution is -2.26. The van der Waals surface area contributed by atoms with Crippen LogP contribution in [-0.4, -0.2) is 4.57 Å². The first kappa shape index (κ1) is 85.7. The largest absolute Gasteiger partial charge is 0.311 e. The Morgan fingerprint density at radius 1 is 0.209 bits per heavy atom. The minimum absolute atomic E-state index is 0.0646. The summed E-state index contributed by atoms with van der Waals surface area (Å²) in [7, 11) is 0. The van der Waals surface area contributed by atoms with E-state index in [-0.39, 0.29) is 10.8 Å². The molecule has 16 aromatic rings. The molecule has 0 aliphatic heterocycles. The van der Waals surface area contributed by atoms with Crippen LogP contribution in [0.1, 0.15) is 309 Å². The molecule has 0 amide bonds. The average Bonchev–Trinajstić information content (AvgIpc) is 1.51. The fourth-order valence-electron chi connectivity index (χ4n) is 26.5. The lowest BCUT2D eigenvalue weighted by atomic mass is 9.70. The third-order valence-corrected chi connectivity index (χ3v) is 33.4. The first-order chi connectivity index (χ1) is 66.2. The highest BCUT2D eigenvalue weighted by Crippen LogP contribution is 2.64. The number of aromatic nitrogens is 1. The molecule has 9 aliphatic rings. The molecule has 134 heavy (non-hydrogen) atoms. The lowest BCUT2D eigenvalue weighted by molar-refractivity contribution is 0.443. The van der Waals surface area contributed by atoms with Crippen LogP contribution in [0, 0.1) is 0 Å². The van der Waals surface area contributed by atoms with E-state index in [9.17, 15) is 0 Å². The van der Waals surface area contributed by atoms with E-state index in [2.05, 4.69) is 385 Å². The van der Waals surface area contributed by atoms with Gasteiger partial charge in [-0.1, -0.05) is 354 Å². The van der Waals surface area contributed by atoms with Crippen LogP contribution < -0.4 is 14.7 Å². The first-order valence-corrected chi connectivity index (χ1v) is 52.0. The normalized spacial score (nSPS) is 17.6. The van der Waals surface area contributed by atoms with Crippen molar-refractivity contribution in [3.8, 4) is 39.1 Å². The zero-order valence-electron chi connectivity index (χ0n) is 79.0. The van der Waals surface area contributed by atoms with E-state index >= 15 is 0 Å². The maximum absolute atomic E-state index is 2.53. The summed E-state index contributed by atoms with van der Waals surface area (Å²) in [5.41, 5.74) is 40.0. The molecule has 1 aromatic heterocycles. The van der Waals surface area contributed by atoms with Gasteiger partial charge in [-0.3, -0.25) is 0 Å². The Balaban J connectivity index is 0.000000114. The summed E-state index contributed by atoms with van der Waals surface area (Å²) >= 11 is 0. The first-order valence-electron chi connectivity index (χ1n) is 52.0. The van der Waals surface area contributed by atoms with Gasteiger partial charge >= 0.3 is 0 Å². The summed E-state index contributed by atoms with van der Waals surface area (Å²) in [6.45, 7) is 4.80. The van der Waals surface area contributed by atoms with Crippen molar-refractivity contribution in [2.45, 2.75) is 253 Å². The maximum Gasteiger partial charge on any atom is 0.0726 e. The number of hydrogen-bond acceptors (Lipinski definition) is 3. The number of anilines is 9. The molecule has 9 aliphatic carbocycles. The molecule has 0 unspecified atom stereocenters. The second-order valence-electron chi connectivity index (χ2n) is 41.4. The molecule has 0 saturated heterocycles. The molecule has 0 atom stereocenters. The van der Waals surface area contributed by atoms with Crippen LogP contribution in [0.3, 0.4) is 0 Å². The molecule has 0 bridgehead atoms. The molecular formula is C130H130N4. The van der Waals surface area contributed by atoms with Gasteiger partial charge in [-0.15, -0.1) is 0 Å². The number of rotatable bonds is 16. The molecule has 25 rings (SSSR count). The van der Waals surface area contributed by atoms with Gasteiger partial charge in [-0.25, -0.2) is 0 Å². The predicted molar refractivity (Wildman–Crippen MR) is 567 cm³/mol. The Kier molecular flexibility index (Phi) is 24.1. The van der Waals surface area contributed by atoms with Crippen LogP contribution in [0.15, 0.2) is 352 Å². The SMILES string of the molecule is CC1(C)c2ccccc2-c2cccc(N(c3ccc(C4CCCCC4)cc3)c3ccc(C4CCCCC4)cc3)c21.c1ccc2c(c1)-c1ccccc1C21c2ccccc2-c2ccc(N(c3ccc(C4CCCCC4)cc3)c3ccc(C4CCCCC4)cc3)cc21.c1ccc2c(c1)c1ccccc1n2-c1ccc(N(c2ccc(C3CCCCC3)cc2)c2ccc(C3CCCCC3)cc2)cc1. The molecule has 1 spiro atoms. The summed E-state index contributed by atoms with van der Waals surface area (Å²) in [6.07, 6.45) is 40.7. The van der Waals surface area contributed by atoms with Crippen molar-refractivity contribution in [3.63, 3.8) is 0 Å². The highest BCUT2D eigenvalue weighted by atomic mass is 15.2. The Morgan fingerprint density at radius 2 is 0.463 bits per heavy atom. The number of nitrogens with zero attached hydrogens (tertiary/aromatic N) is 4. The van der Waals surface area contributed by atoms with Gasteiger partial charge in [0.05, 0.1) is 22.1 Å². The Labute approximate surface area is 797 Å². The topological polar surface area (TPSA) is 14.7 Å². The Morgan fingerprint density at radius 3 is 0.799 bits per heavy atom. The number of fused-ring (bicyclic) bond motifs is 16. The molecule has 4 heteroatoms. The molecule has 15 aromatic carbocycles. The van der Waals surface area contributed by atoms with Gasteiger partial charge < -0.3 is 19.3 Å². The fourth-order valence-corrected chi connectivity index (χ4v) is 26.5. The van der Waals surface area contributed by atoms with Gasteiger partial charge in [-0.2, -0.15) is 0 Å². The molecule has 0 radical (unpaired) electrons. The molecule has 6 fully saturated rings. The van der Waals surface area contributed by atoms with Gasteiger partial charge in [-0.05, 0) is 340 Å². The zero-order valence-corrected chi connectivity index (χ0v) is 79.0. The zero-order chi connectivity index (χ0) is 89.5. The van der Waals surface area contributed by atoms with Crippen molar-refractivity contribution >= 4 is 73.0 Å². The summed E-state index contributed by atoms with van der Waals surface area (Å²) < 4.78 is 2.40. The van der Waals surface area contributed by atoms with Crippen molar-refractivity contribution in [2.75, 3.05) is 14.7 Å². The minimum atomic E-state index is -0.351. The highest BCUT2D eigenvalue weighted by Gasteiger charge is 2.52. The van der Waals surface area contributed by atoms with Gasteiger partial charge in [0.25, 0.3) is 0 Å². The summed E-state index contributed by atoms with van der Waals surface area (Å²) in [5.74, 6) is 4.27. The van der Waals surface area contributed by atoms with Crippen LogP contribution in [0.2, 0.25) is 0 Å². The summed E-state index contributed by atoms with van der Waals surface area (Å²) in [4.78, 5) is 7.48. The van der Waals surface area contributed by atoms with E-state index in [1.165, 1.54) is 371 Å². The van der Waals surface area contributed by atoms with E-state index < -0.39 is 0 Å². The number of hydrogen-bond donors (Lipinski definition) is 0. The second-order valence-corrected chi connectivity index (χ2v) is 41.4. The Hall–Kier alpha value is -12.5. The van der Waals surface area contributed by atoms with E-state index in [0.29, 0.717) is 23.7 Å². The van der Waals surface area contributed by atoms with Crippen LogP contribution in [0.25, 0.3) is 60.9 Å². The van der Waals surface area contributed by atoms with E-state index in [0.717, 1.165) is 11.8 Å². The lowest BCUT2D eigenvalue weighted by Gasteiger charge is -2.33. The molecule has 6 saturated carbocycles. The standard InChI is InChI=1S/C49H45N.C42H42N2.C39H43N/c1-3-13-34(14-4-1)36-23-27-38(28-24-36)50(39-29-25-37(26-30-39)35-15-5-2-6-16-35)40-31-32-44-43-19-9-12-22-47(43)49(48(44)33-40)45-20-10-7-17-41(45)42-18-8-11-21-46(42)49;1-3-11-31(12-4-1)33-19-23-35(24-20-33)43(36-25-21-34(22-26-36)32-13-5-2-6-14-32)37-27-29-38(30-28-37)44-41-17-9-7-15-39(41)40-16-8-10-18-42(40)44;1-39(2)36-18-10-9-16-34(36)35-17-11-19-37(38(35)39)40(32-24-20-30(21-25-32)28-12-5-3-6-13-28)33-26-22-31(23-27-33)29-14-7-4-8-15-29/h7-12,17-35H,1-6,13-16H2;7-10,15-32H,1-6,11-14H2;9-11,16-29H,3-8,12-15H2,1-2H3. The van der Waals surface area contributed by atoms with Gasteiger partial charge in [0.2, 0.25) is 0 Å². The second kappa shape index (κ2) is 37.8. The maximum atomic E-state index is 2.53. The van der Waals surface area contributed by atoms with Crippen LogP contribution >= 0.6 is 0 Å². The van der Waals surface area contributed by atoms with Crippen LogP contribution in [0.4, 0.5) is 51.2 Å². The fraction of sp³-hybridized carbons (Fsp3) is 0.308. The highest BCUT2D eigenvalue weighted by molar-refractivity contribution is 6.09. The summed E-state index contributed by atoms with van der Waals surface area (Å²) in [6, 6.07) is 135. The third kappa shape index (κ3) is 16.1. The van der Waals surface area contributed by atoms with Crippen LogP contribution in [-0.2, 0) is 10.8 Å². The summed E-state index contributed by atoms with van der Waals surface area (Å²) in [5, 5.41) is 2.59. The molecular weight excluding hydrogens is 1620 g/mol. The van der Waals surface area contributed by atoms with Crippen molar-refractivity contribution in [3.05, 3.63) is 419 Å². The molecule has 1 heterocycles. The third-order valence-electron chi connectivity index (χ3n) is 33.4.